The number of carbonyl (C=O) groups excluding carboxylic acids is 2. The summed E-state index contributed by atoms with van der Waals surface area (Å²) in [6.45, 7) is 3.30. The molecule has 0 bridgehead atoms. The van der Waals surface area contributed by atoms with Crippen LogP contribution >= 0.6 is 0 Å². The standard InChI is InChI=1S/2C10H20N2O3.CH4/c2*1-6-2-3-7(4-9(6)14)12-10(15)8(11)5-13;/h2*6-9,13-14H,2-5,11H2,1H3,(H,12,15);1H4/t6-,7-,8+,9-;6-,7-,8-,9-;/m01./s1. The molecule has 0 aliphatic heterocycles. The minimum atomic E-state index is -0.860. The van der Waals surface area contributed by atoms with Crippen LogP contribution in [0.5, 0.6) is 0 Å². The van der Waals surface area contributed by atoms with Gasteiger partial charge in [-0.05, 0) is 50.4 Å². The molecule has 10 heteroatoms. The van der Waals surface area contributed by atoms with Gasteiger partial charge in [-0.3, -0.25) is 9.59 Å². The van der Waals surface area contributed by atoms with Crippen LogP contribution in [-0.4, -0.2) is 81.8 Å². The lowest BCUT2D eigenvalue weighted by Crippen LogP contribution is -2.49. The van der Waals surface area contributed by atoms with Crippen LogP contribution in [0.1, 0.15) is 59.8 Å². The first-order chi connectivity index (χ1) is 14.1. The van der Waals surface area contributed by atoms with E-state index in [1.54, 1.807) is 0 Å². The number of carbonyl (C=O) groups is 2. The third-order valence-corrected chi connectivity index (χ3v) is 6.07. The number of nitrogens with two attached hydrogens (primary N) is 2. The second-order valence-electron chi connectivity index (χ2n) is 8.70. The van der Waals surface area contributed by atoms with Crippen LogP contribution in [0.4, 0.5) is 0 Å². The molecule has 2 saturated carbocycles. The summed E-state index contributed by atoms with van der Waals surface area (Å²) in [5, 5.41) is 42.1. The van der Waals surface area contributed by atoms with E-state index in [9.17, 15) is 19.8 Å². The molecule has 0 unspecified atom stereocenters. The van der Waals surface area contributed by atoms with Gasteiger partial charge in [0.1, 0.15) is 12.1 Å². The van der Waals surface area contributed by atoms with E-state index in [4.69, 9.17) is 21.7 Å². The van der Waals surface area contributed by atoms with Crippen LogP contribution in [0.15, 0.2) is 0 Å². The number of nitrogens with one attached hydrogen (secondary N) is 2. The zero-order chi connectivity index (χ0) is 22.8. The molecule has 0 aromatic rings. The van der Waals surface area contributed by atoms with E-state index in [1.165, 1.54) is 0 Å². The molecule has 10 N–H and O–H groups in total. The lowest BCUT2D eigenvalue weighted by Gasteiger charge is -2.31. The van der Waals surface area contributed by atoms with Gasteiger partial charge in [0, 0.05) is 12.1 Å². The predicted molar refractivity (Wildman–Crippen MR) is 119 cm³/mol. The van der Waals surface area contributed by atoms with Crippen molar-refractivity contribution in [3.8, 4) is 0 Å². The largest absolute Gasteiger partial charge is 0.394 e. The van der Waals surface area contributed by atoms with Crippen molar-refractivity contribution in [2.75, 3.05) is 13.2 Å². The first kappa shape index (κ1) is 29.7. The van der Waals surface area contributed by atoms with Crippen LogP contribution in [-0.2, 0) is 9.59 Å². The maximum atomic E-state index is 11.4. The number of rotatable bonds is 6. The molecule has 0 saturated heterocycles. The van der Waals surface area contributed by atoms with Crippen molar-refractivity contribution in [3.63, 3.8) is 0 Å². The van der Waals surface area contributed by atoms with Crippen LogP contribution in [0, 0.1) is 11.8 Å². The summed E-state index contributed by atoms with van der Waals surface area (Å²) >= 11 is 0. The van der Waals surface area contributed by atoms with E-state index in [1.807, 2.05) is 13.8 Å². The van der Waals surface area contributed by atoms with Crippen molar-refractivity contribution < 1.29 is 30.0 Å². The maximum absolute atomic E-state index is 11.4. The van der Waals surface area contributed by atoms with Gasteiger partial charge < -0.3 is 42.5 Å². The molecular formula is C21H44N4O6. The molecular weight excluding hydrogens is 404 g/mol. The molecule has 2 fully saturated rings. The van der Waals surface area contributed by atoms with Gasteiger partial charge in [-0.1, -0.05) is 21.3 Å². The first-order valence-corrected chi connectivity index (χ1v) is 10.8. The van der Waals surface area contributed by atoms with Crippen molar-refractivity contribution in [1.29, 1.82) is 0 Å². The zero-order valence-corrected chi connectivity index (χ0v) is 18.0. The minimum absolute atomic E-state index is 0. The highest BCUT2D eigenvalue weighted by Crippen LogP contribution is 2.25. The number of hydrogen-bond donors (Lipinski definition) is 8. The highest BCUT2D eigenvalue weighted by Gasteiger charge is 2.29. The molecule has 8 atom stereocenters. The van der Waals surface area contributed by atoms with Gasteiger partial charge in [0.2, 0.25) is 11.8 Å². The van der Waals surface area contributed by atoms with Gasteiger partial charge in [-0.15, -0.1) is 0 Å². The molecule has 2 amide bonds. The van der Waals surface area contributed by atoms with Crippen molar-refractivity contribution in [3.05, 3.63) is 0 Å². The average Bonchev–Trinajstić information content (AvgIpc) is 2.72. The number of amides is 2. The highest BCUT2D eigenvalue weighted by atomic mass is 16.3. The third kappa shape index (κ3) is 10.2. The van der Waals surface area contributed by atoms with Crippen LogP contribution in [0.25, 0.3) is 0 Å². The lowest BCUT2D eigenvalue weighted by molar-refractivity contribution is -0.125. The van der Waals surface area contributed by atoms with Gasteiger partial charge in [0.25, 0.3) is 0 Å². The van der Waals surface area contributed by atoms with Gasteiger partial charge in [-0.25, -0.2) is 0 Å². The van der Waals surface area contributed by atoms with Crippen molar-refractivity contribution in [2.24, 2.45) is 23.3 Å². The van der Waals surface area contributed by atoms with Crippen LogP contribution < -0.4 is 22.1 Å². The molecule has 31 heavy (non-hydrogen) atoms. The fourth-order valence-corrected chi connectivity index (χ4v) is 3.64. The SMILES string of the molecule is C.C[C@@H]1CC[C@@H](NC(=O)[C@H](N)CO)C[C@H]1O.C[C@H]1CC[C@H](NC(=O)[C@H](N)CO)C[C@@H]1O. The van der Waals surface area contributed by atoms with E-state index in [0.29, 0.717) is 24.7 Å². The highest BCUT2D eigenvalue weighted by molar-refractivity contribution is 5.82. The Morgan fingerprint density at radius 2 is 1.13 bits per heavy atom. The second-order valence-corrected chi connectivity index (χ2v) is 8.70. The molecule has 0 aromatic heterocycles. The normalized spacial score (nSPS) is 32.4. The predicted octanol–water partition coefficient (Wildman–Crippen LogP) is -1.42. The molecule has 2 rings (SSSR count). The minimum Gasteiger partial charge on any atom is -0.394 e. The molecule has 0 aromatic carbocycles. The van der Waals surface area contributed by atoms with Gasteiger partial charge in [0.05, 0.1) is 25.4 Å². The van der Waals surface area contributed by atoms with Crippen molar-refractivity contribution in [2.45, 2.75) is 96.2 Å². The second kappa shape index (κ2) is 14.7. The van der Waals surface area contributed by atoms with Crippen molar-refractivity contribution in [1.82, 2.24) is 10.6 Å². The maximum Gasteiger partial charge on any atom is 0.239 e. The van der Waals surface area contributed by atoms with Gasteiger partial charge >= 0.3 is 0 Å². The Morgan fingerprint density at radius 3 is 1.39 bits per heavy atom. The molecule has 0 radical (unpaired) electrons. The molecule has 0 spiro atoms. The van der Waals surface area contributed by atoms with Crippen molar-refractivity contribution >= 4 is 11.8 Å². The summed E-state index contributed by atoms with van der Waals surface area (Å²) in [5.74, 6) is -0.0946. The summed E-state index contributed by atoms with van der Waals surface area (Å²) in [5.41, 5.74) is 10.7. The van der Waals surface area contributed by atoms with E-state index < -0.39 is 12.1 Å². The Morgan fingerprint density at radius 1 is 0.806 bits per heavy atom. The Hall–Kier alpha value is -1.30. The molecule has 0 heterocycles. The number of aliphatic hydroxyl groups excluding tert-OH is 4. The Kier molecular flexibility index (Phi) is 14.1. The quantitative estimate of drug-likeness (QED) is 0.243. The van der Waals surface area contributed by atoms with E-state index >= 15 is 0 Å². The van der Waals surface area contributed by atoms with Gasteiger partial charge in [-0.2, -0.15) is 0 Å². The van der Waals surface area contributed by atoms with Crippen LogP contribution in [0.2, 0.25) is 0 Å². The molecule has 2 aliphatic rings. The monoisotopic (exact) mass is 448 g/mol. The summed E-state index contributed by atoms with van der Waals surface area (Å²) in [4.78, 5) is 22.7. The lowest BCUT2D eigenvalue weighted by atomic mass is 9.85. The third-order valence-electron chi connectivity index (χ3n) is 6.07. The number of aliphatic hydroxyl groups is 4. The fraction of sp³-hybridized carbons (Fsp3) is 0.905. The topological polar surface area (TPSA) is 191 Å². The summed E-state index contributed by atoms with van der Waals surface area (Å²) in [6.07, 6.45) is 3.98. The van der Waals surface area contributed by atoms with E-state index in [2.05, 4.69) is 10.6 Å². The first-order valence-electron chi connectivity index (χ1n) is 10.8. The van der Waals surface area contributed by atoms with Crippen LogP contribution in [0.3, 0.4) is 0 Å². The smallest absolute Gasteiger partial charge is 0.239 e. The summed E-state index contributed by atoms with van der Waals surface area (Å²) in [7, 11) is 0. The molecule has 10 nitrogen and oxygen atoms in total. The molecule has 2 aliphatic carbocycles. The summed E-state index contributed by atoms with van der Waals surface area (Å²) < 4.78 is 0. The van der Waals surface area contributed by atoms with E-state index in [0.717, 1.165) is 25.7 Å². The average molecular weight is 449 g/mol. The Bertz CT molecular complexity index is 492. The Labute approximate surface area is 185 Å². The zero-order valence-electron chi connectivity index (χ0n) is 18.0. The number of hydrogen-bond acceptors (Lipinski definition) is 8. The van der Waals surface area contributed by atoms with Gasteiger partial charge in [0.15, 0.2) is 0 Å². The Balaban J connectivity index is 0.000000562. The molecule has 184 valence electrons. The van der Waals surface area contributed by atoms with E-state index in [-0.39, 0.29) is 56.7 Å². The summed E-state index contributed by atoms with van der Waals surface area (Å²) in [6, 6.07) is -1.74. The fourth-order valence-electron chi connectivity index (χ4n) is 3.64.